The van der Waals surface area contributed by atoms with E-state index in [-0.39, 0.29) is 5.63 Å². The molecule has 0 bridgehead atoms. The summed E-state index contributed by atoms with van der Waals surface area (Å²) < 4.78 is 28.4. The van der Waals surface area contributed by atoms with Crippen LogP contribution in [-0.2, 0) is 13.3 Å². The van der Waals surface area contributed by atoms with E-state index >= 15 is 0 Å². The van der Waals surface area contributed by atoms with Gasteiger partial charge in [-0.15, -0.1) is 0 Å². The van der Waals surface area contributed by atoms with Crippen molar-refractivity contribution in [3.63, 3.8) is 0 Å². The largest absolute Gasteiger partial charge is 0.501 e. The second-order valence-corrected chi connectivity index (χ2v) is 8.12. The van der Waals surface area contributed by atoms with Gasteiger partial charge in [-0.05, 0) is 45.4 Å². The van der Waals surface area contributed by atoms with Crippen LogP contribution < -0.4 is 10.4 Å². The lowest BCUT2D eigenvalue weighted by molar-refractivity contribution is 0.0696. The topological polar surface area (TPSA) is 67.1 Å². The molecule has 2 aromatic rings. The first-order valence-electron chi connectivity index (χ1n) is 8.71. The van der Waals surface area contributed by atoms with Crippen LogP contribution in [0.15, 0.2) is 39.5 Å². The fourth-order valence-corrected chi connectivity index (χ4v) is 5.19. The van der Waals surface area contributed by atoms with Gasteiger partial charge in [0.05, 0.1) is 6.61 Å². The lowest BCUT2D eigenvalue weighted by Crippen LogP contribution is -2.46. The van der Waals surface area contributed by atoms with E-state index in [1.54, 1.807) is 12.1 Å². The molecule has 0 aliphatic rings. The van der Waals surface area contributed by atoms with Crippen molar-refractivity contribution >= 4 is 19.8 Å². The number of ether oxygens (including phenoxy) is 1. The van der Waals surface area contributed by atoms with Gasteiger partial charge in [-0.2, -0.15) is 0 Å². The third-order valence-electron chi connectivity index (χ3n) is 3.58. The van der Waals surface area contributed by atoms with Gasteiger partial charge < -0.3 is 22.4 Å². The molecule has 0 radical (unpaired) electrons. The summed E-state index contributed by atoms with van der Waals surface area (Å²) in [7, 11) is -2.62. The standard InChI is InChI=1S/C18H26O6Si/c1-4-21-25(22-5-2,23-6-3)13-7-12-20-16-10-8-15-9-11-18(19)24-17(15)14-16/h8-11,14H,4-7,12-13H2,1-3H3. The van der Waals surface area contributed by atoms with Gasteiger partial charge in [-0.3, -0.25) is 0 Å². The zero-order chi connectivity index (χ0) is 18.1. The normalized spacial score (nSPS) is 11.8. The van der Waals surface area contributed by atoms with Crippen LogP contribution in [-0.4, -0.2) is 35.2 Å². The quantitative estimate of drug-likeness (QED) is 0.344. The number of hydrogen-bond acceptors (Lipinski definition) is 6. The maximum Gasteiger partial charge on any atom is 0.501 e. The van der Waals surface area contributed by atoms with Gasteiger partial charge in [0.2, 0.25) is 0 Å². The number of hydrogen-bond donors (Lipinski definition) is 0. The summed E-state index contributed by atoms with van der Waals surface area (Å²) in [6.45, 7) is 8.03. The lowest BCUT2D eigenvalue weighted by Gasteiger charge is -2.28. The zero-order valence-electron chi connectivity index (χ0n) is 15.1. The average Bonchev–Trinajstić information content (AvgIpc) is 2.59. The summed E-state index contributed by atoms with van der Waals surface area (Å²) in [5.41, 5.74) is 0.150. The first-order valence-corrected chi connectivity index (χ1v) is 10.6. The molecular formula is C18H26O6Si. The highest BCUT2D eigenvalue weighted by molar-refractivity contribution is 6.60. The van der Waals surface area contributed by atoms with Crippen molar-refractivity contribution in [2.45, 2.75) is 33.2 Å². The van der Waals surface area contributed by atoms with Crippen molar-refractivity contribution in [1.82, 2.24) is 0 Å². The fraction of sp³-hybridized carbons (Fsp3) is 0.500. The summed E-state index contributed by atoms with van der Waals surface area (Å²) in [6, 6.07) is 9.30. The second kappa shape index (κ2) is 9.72. The molecule has 0 unspecified atom stereocenters. The molecule has 138 valence electrons. The smallest absolute Gasteiger partial charge is 0.493 e. The molecular weight excluding hydrogens is 340 g/mol. The van der Waals surface area contributed by atoms with Crippen LogP contribution in [0.1, 0.15) is 27.2 Å². The van der Waals surface area contributed by atoms with Crippen molar-refractivity contribution in [2.75, 3.05) is 26.4 Å². The van der Waals surface area contributed by atoms with Gasteiger partial charge in [0.25, 0.3) is 0 Å². The Kier molecular flexibility index (Phi) is 7.64. The molecule has 0 atom stereocenters. The highest BCUT2D eigenvalue weighted by Crippen LogP contribution is 2.21. The Hall–Kier alpha value is -1.67. The highest BCUT2D eigenvalue weighted by atomic mass is 28.4. The molecule has 0 saturated heterocycles. The Morgan fingerprint density at radius 1 is 0.960 bits per heavy atom. The van der Waals surface area contributed by atoms with Crippen molar-refractivity contribution in [3.05, 3.63) is 40.8 Å². The molecule has 2 rings (SSSR count). The van der Waals surface area contributed by atoms with E-state index in [9.17, 15) is 4.79 Å². The monoisotopic (exact) mass is 366 g/mol. The van der Waals surface area contributed by atoms with Crippen LogP contribution in [0.25, 0.3) is 11.0 Å². The summed E-state index contributed by atoms with van der Waals surface area (Å²) >= 11 is 0. The first-order chi connectivity index (χ1) is 12.1. The Morgan fingerprint density at radius 2 is 1.60 bits per heavy atom. The summed E-state index contributed by atoms with van der Waals surface area (Å²) in [5, 5.41) is 0.863. The zero-order valence-corrected chi connectivity index (χ0v) is 16.1. The van der Waals surface area contributed by atoms with Gasteiger partial charge in [0.1, 0.15) is 11.3 Å². The molecule has 0 amide bonds. The van der Waals surface area contributed by atoms with Gasteiger partial charge in [-0.25, -0.2) is 4.79 Å². The van der Waals surface area contributed by atoms with Crippen molar-refractivity contribution in [2.24, 2.45) is 0 Å². The molecule has 0 spiro atoms. The molecule has 0 saturated carbocycles. The van der Waals surface area contributed by atoms with E-state index in [2.05, 4.69) is 0 Å². The van der Waals surface area contributed by atoms with E-state index in [0.717, 1.165) is 11.8 Å². The molecule has 25 heavy (non-hydrogen) atoms. The molecule has 1 heterocycles. The minimum Gasteiger partial charge on any atom is -0.493 e. The number of rotatable bonds is 11. The molecule has 1 aromatic carbocycles. The van der Waals surface area contributed by atoms with Crippen molar-refractivity contribution in [1.29, 1.82) is 0 Å². The van der Waals surface area contributed by atoms with E-state index in [1.165, 1.54) is 6.07 Å². The first kappa shape index (κ1) is 19.6. The molecule has 0 N–H and O–H groups in total. The SMILES string of the molecule is CCO[Si](CCCOc1ccc2ccc(=O)oc2c1)(OCC)OCC. The third kappa shape index (κ3) is 5.67. The van der Waals surface area contributed by atoms with E-state index in [0.29, 0.717) is 43.8 Å². The average molecular weight is 366 g/mol. The molecule has 6 nitrogen and oxygen atoms in total. The Balaban J connectivity index is 1.93. The lowest BCUT2D eigenvalue weighted by atomic mass is 10.2. The molecule has 1 aromatic heterocycles. The van der Waals surface area contributed by atoms with Crippen molar-refractivity contribution in [3.8, 4) is 5.75 Å². The minimum absolute atomic E-state index is 0.370. The predicted molar refractivity (Wildman–Crippen MR) is 98.0 cm³/mol. The van der Waals surface area contributed by atoms with Crippen LogP contribution in [0.3, 0.4) is 0 Å². The molecule has 7 heteroatoms. The van der Waals surface area contributed by atoms with Crippen LogP contribution in [0.5, 0.6) is 5.75 Å². The number of benzene rings is 1. The maximum atomic E-state index is 11.3. The Morgan fingerprint density at radius 3 is 2.24 bits per heavy atom. The summed E-state index contributed by atoms with van der Waals surface area (Å²) in [6.07, 6.45) is 0.753. The predicted octanol–water partition coefficient (Wildman–Crippen LogP) is 3.61. The highest BCUT2D eigenvalue weighted by Gasteiger charge is 2.39. The van der Waals surface area contributed by atoms with Crippen molar-refractivity contribution < 1.29 is 22.4 Å². The minimum atomic E-state index is -2.62. The molecule has 0 aliphatic heterocycles. The summed E-state index contributed by atoms with van der Waals surface area (Å²) in [5.74, 6) is 0.665. The third-order valence-corrected chi connectivity index (χ3v) is 6.73. The maximum absolute atomic E-state index is 11.3. The van der Waals surface area contributed by atoms with Crippen LogP contribution in [0, 0.1) is 0 Å². The van der Waals surface area contributed by atoms with Gasteiger partial charge in [0.15, 0.2) is 0 Å². The van der Waals surface area contributed by atoms with E-state index < -0.39 is 8.80 Å². The Labute approximate surface area is 149 Å². The van der Waals surface area contributed by atoms with Crippen LogP contribution >= 0.6 is 0 Å². The molecule has 0 aliphatic carbocycles. The van der Waals surface area contributed by atoms with Gasteiger partial charge >= 0.3 is 14.4 Å². The Bertz CT molecular complexity index is 697. The van der Waals surface area contributed by atoms with Crippen LogP contribution in [0.2, 0.25) is 6.04 Å². The van der Waals surface area contributed by atoms with Gasteiger partial charge in [-0.1, -0.05) is 0 Å². The summed E-state index contributed by atoms with van der Waals surface area (Å²) in [4.78, 5) is 11.3. The number of fused-ring (bicyclic) bond motifs is 1. The fourth-order valence-electron chi connectivity index (χ4n) is 2.61. The molecule has 0 fully saturated rings. The second-order valence-electron chi connectivity index (χ2n) is 5.39. The van der Waals surface area contributed by atoms with Crippen LogP contribution in [0.4, 0.5) is 0 Å². The van der Waals surface area contributed by atoms with Gasteiger partial charge in [0, 0.05) is 43.4 Å². The van der Waals surface area contributed by atoms with E-state index in [4.69, 9.17) is 22.4 Å². The van der Waals surface area contributed by atoms with E-state index in [1.807, 2.05) is 32.9 Å².